The fourth-order valence-electron chi connectivity index (χ4n) is 5.42. The molecule has 2 atom stereocenters. The molecule has 0 aromatic carbocycles. The Balaban J connectivity index is 1.89. The van der Waals surface area contributed by atoms with Crippen molar-refractivity contribution >= 4 is 5.97 Å². The highest BCUT2D eigenvalue weighted by molar-refractivity contribution is 5.67. The first-order chi connectivity index (χ1) is 7.55. The van der Waals surface area contributed by atoms with Gasteiger partial charge in [-0.2, -0.15) is 0 Å². The van der Waals surface area contributed by atoms with Gasteiger partial charge in [0.05, 0.1) is 6.42 Å². The smallest absolute Gasteiger partial charge is 0.303 e. The van der Waals surface area contributed by atoms with Crippen LogP contribution in [0.15, 0.2) is 0 Å². The highest BCUT2D eigenvalue weighted by Gasteiger charge is 2.57. The van der Waals surface area contributed by atoms with Crippen LogP contribution >= 0.6 is 0 Å². The molecule has 0 aromatic rings. The second-order valence-electron chi connectivity index (χ2n) is 6.74. The van der Waals surface area contributed by atoms with Gasteiger partial charge in [-0.15, -0.1) is 0 Å². The van der Waals surface area contributed by atoms with Crippen molar-refractivity contribution in [2.45, 2.75) is 44.9 Å². The Labute approximate surface area is 96.4 Å². The molecule has 4 fully saturated rings. The van der Waals surface area contributed by atoms with Gasteiger partial charge in [0.1, 0.15) is 0 Å². The highest BCUT2D eigenvalue weighted by atomic mass is 16.4. The second-order valence-corrected chi connectivity index (χ2v) is 6.74. The first kappa shape index (κ1) is 10.6. The molecule has 4 bridgehead atoms. The van der Waals surface area contributed by atoms with Crippen LogP contribution in [0.5, 0.6) is 0 Å². The molecule has 0 saturated heterocycles. The molecule has 3 nitrogen and oxygen atoms in total. The Morgan fingerprint density at radius 2 is 1.75 bits per heavy atom. The van der Waals surface area contributed by atoms with Crippen LogP contribution in [0.2, 0.25) is 0 Å². The molecule has 4 rings (SSSR count). The lowest BCUT2D eigenvalue weighted by Crippen LogP contribution is -2.55. The van der Waals surface area contributed by atoms with Crippen LogP contribution < -0.4 is 5.73 Å². The summed E-state index contributed by atoms with van der Waals surface area (Å²) < 4.78 is 0. The first-order valence-corrected chi connectivity index (χ1v) is 6.47. The molecule has 16 heavy (non-hydrogen) atoms. The number of carboxylic acid groups (broad SMARTS) is 1. The molecule has 4 aliphatic carbocycles. The summed E-state index contributed by atoms with van der Waals surface area (Å²) in [5.41, 5.74) is 6.38. The first-order valence-electron chi connectivity index (χ1n) is 6.47. The van der Waals surface area contributed by atoms with Gasteiger partial charge in [-0.05, 0) is 67.7 Å². The van der Waals surface area contributed by atoms with Gasteiger partial charge in [0.15, 0.2) is 0 Å². The van der Waals surface area contributed by atoms with Gasteiger partial charge in [-0.25, -0.2) is 0 Å². The quantitative estimate of drug-likeness (QED) is 0.769. The molecule has 0 spiro atoms. The predicted molar refractivity (Wildman–Crippen MR) is 60.9 cm³/mol. The fourth-order valence-corrected chi connectivity index (χ4v) is 5.42. The number of nitrogens with two attached hydrogens (primary N) is 1. The van der Waals surface area contributed by atoms with Crippen LogP contribution in [-0.2, 0) is 4.79 Å². The van der Waals surface area contributed by atoms with Gasteiger partial charge in [-0.3, -0.25) is 4.79 Å². The zero-order valence-electron chi connectivity index (χ0n) is 9.74. The standard InChI is InChI=1S/C13H21NO2/c14-8-13-4-9-1-10(5-13)3-12(2-9,7-13)6-11(15)16/h9-10H,1-8,14H2,(H,15,16). The molecule has 0 radical (unpaired) electrons. The van der Waals surface area contributed by atoms with Crippen molar-refractivity contribution < 1.29 is 9.90 Å². The Kier molecular flexibility index (Phi) is 2.13. The second kappa shape index (κ2) is 3.22. The Morgan fingerprint density at radius 3 is 2.25 bits per heavy atom. The molecule has 0 amide bonds. The molecule has 0 aromatic heterocycles. The molecular weight excluding hydrogens is 202 g/mol. The van der Waals surface area contributed by atoms with E-state index in [9.17, 15) is 4.79 Å². The third-order valence-electron chi connectivity index (χ3n) is 5.26. The van der Waals surface area contributed by atoms with E-state index in [1.807, 2.05) is 0 Å². The van der Waals surface area contributed by atoms with Crippen LogP contribution in [0.3, 0.4) is 0 Å². The van der Waals surface area contributed by atoms with E-state index in [0.29, 0.717) is 11.8 Å². The summed E-state index contributed by atoms with van der Waals surface area (Å²) >= 11 is 0. The third-order valence-corrected chi connectivity index (χ3v) is 5.26. The van der Waals surface area contributed by atoms with E-state index >= 15 is 0 Å². The number of hydrogen-bond acceptors (Lipinski definition) is 2. The zero-order chi connectivity index (χ0) is 11.4. The van der Waals surface area contributed by atoms with Gasteiger partial charge >= 0.3 is 5.97 Å². The van der Waals surface area contributed by atoms with Crippen molar-refractivity contribution in [2.24, 2.45) is 28.4 Å². The monoisotopic (exact) mass is 223 g/mol. The Hall–Kier alpha value is -0.570. The normalized spacial score (nSPS) is 49.6. The van der Waals surface area contributed by atoms with E-state index in [4.69, 9.17) is 10.8 Å². The predicted octanol–water partition coefficient (Wildman–Crippen LogP) is 2.01. The van der Waals surface area contributed by atoms with Crippen LogP contribution in [0.4, 0.5) is 0 Å². The minimum atomic E-state index is -0.617. The summed E-state index contributed by atoms with van der Waals surface area (Å²) in [6.07, 6.45) is 7.62. The number of carboxylic acids is 1. The van der Waals surface area contributed by atoms with E-state index in [-0.39, 0.29) is 5.41 Å². The number of hydrogen-bond donors (Lipinski definition) is 2. The maximum Gasteiger partial charge on any atom is 0.303 e. The van der Waals surface area contributed by atoms with Crippen LogP contribution in [0.1, 0.15) is 44.9 Å². The summed E-state index contributed by atoms with van der Waals surface area (Å²) in [7, 11) is 0. The van der Waals surface area contributed by atoms with Crippen molar-refractivity contribution in [1.82, 2.24) is 0 Å². The number of aliphatic carboxylic acids is 1. The molecule has 0 aliphatic heterocycles. The number of carbonyl (C=O) groups is 1. The lowest BCUT2D eigenvalue weighted by atomic mass is 9.43. The maximum absolute atomic E-state index is 11.0. The minimum Gasteiger partial charge on any atom is -0.481 e. The van der Waals surface area contributed by atoms with Crippen molar-refractivity contribution in [3.05, 3.63) is 0 Å². The summed E-state index contributed by atoms with van der Waals surface area (Å²) in [4.78, 5) is 11.0. The van der Waals surface area contributed by atoms with Crippen LogP contribution in [0.25, 0.3) is 0 Å². The average Bonchev–Trinajstić information content (AvgIpc) is 2.13. The lowest BCUT2D eigenvalue weighted by molar-refractivity contribution is -0.151. The Bertz CT molecular complexity index is 312. The number of rotatable bonds is 3. The van der Waals surface area contributed by atoms with Gasteiger partial charge in [0.2, 0.25) is 0 Å². The molecule has 90 valence electrons. The molecule has 3 heteroatoms. The van der Waals surface area contributed by atoms with E-state index < -0.39 is 5.97 Å². The maximum atomic E-state index is 11.0. The molecule has 0 heterocycles. The molecule has 4 saturated carbocycles. The summed E-state index contributed by atoms with van der Waals surface area (Å²) in [6.45, 7) is 0.765. The van der Waals surface area contributed by atoms with Gasteiger partial charge < -0.3 is 10.8 Å². The van der Waals surface area contributed by atoms with E-state index in [1.165, 1.54) is 19.3 Å². The van der Waals surface area contributed by atoms with Gasteiger partial charge in [0, 0.05) is 0 Å². The average molecular weight is 223 g/mol. The van der Waals surface area contributed by atoms with E-state index in [1.54, 1.807) is 0 Å². The van der Waals surface area contributed by atoms with E-state index in [0.717, 1.165) is 37.6 Å². The van der Waals surface area contributed by atoms with E-state index in [2.05, 4.69) is 0 Å². The van der Waals surface area contributed by atoms with Crippen molar-refractivity contribution in [1.29, 1.82) is 0 Å². The summed E-state index contributed by atoms with van der Waals surface area (Å²) in [5, 5.41) is 9.10. The van der Waals surface area contributed by atoms with Crippen LogP contribution in [-0.4, -0.2) is 17.6 Å². The minimum absolute atomic E-state index is 0.106. The lowest BCUT2D eigenvalue weighted by Gasteiger charge is -2.62. The largest absolute Gasteiger partial charge is 0.481 e. The molecule has 2 unspecified atom stereocenters. The van der Waals surface area contributed by atoms with Gasteiger partial charge in [-0.1, -0.05) is 0 Å². The van der Waals surface area contributed by atoms with Crippen LogP contribution in [0, 0.1) is 22.7 Å². The molecular formula is C13H21NO2. The SMILES string of the molecule is NCC12CC3CC(C1)CC(CC(=O)O)(C3)C2. The van der Waals surface area contributed by atoms with Crippen molar-refractivity contribution in [3.8, 4) is 0 Å². The van der Waals surface area contributed by atoms with Gasteiger partial charge in [0.25, 0.3) is 0 Å². The summed E-state index contributed by atoms with van der Waals surface area (Å²) in [6, 6.07) is 0. The zero-order valence-corrected chi connectivity index (χ0v) is 9.74. The van der Waals surface area contributed by atoms with Crippen molar-refractivity contribution in [2.75, 3.05) is 6.54 Å². The highest BCUT2D eigenvalue weighted by Crippen LogP contribution is 2.65. The van der Waals surface area contributed by atoms with Crippen molar-refractivity contribution in [3.63, 3.8) is 0 Å². The Morgan fingerprint density at radius 1 is 1.19 bits per heavy atom. The fraction of sp³-hybridized carbons (Fsp3) is 0.923. The topological polar surface area (TPSA) is 63.3 Å². The molecule has 4 aliphatic rings. The third kappa shape index (κ3) is 1.48. The molecule has 3 N–H and O–H groups in total. The summed E-state index contributed by atoms with van der Waals surface area (Å²) in [5.74, 6) is 0.919.